The monoisotopic (exact) mass is 540 g/mol. The van der Waals surface area contributed by atoms with Crippen molar-refractivity contribution in [2.24, 2.45) is 5.41 Å². The van der Waals surface area contributed by atoms with Crippen LogP contribution in [0, 0.1) is 11.2 Å². The number of benzene rings is 1. The predicted octanol–water partition coefficient (Wildman–Crippen LogP) is 3.43. The molecule has 1 atom stereocenters. The fraction of sp³-hybridized carbons (Fsp3) is 0.292. The maximum absolute atomic E-state index is 13.7. The fourth-order valence-corrected chi connectivity index (χ4v) is 4.60. The molecule has 1 amide bonds. The minimum Gasteiger partial charge on any atom is -0.468 e. The van der Waals surface area contributed by atoms with Gasteiger partial charge in [0.05, 0.1) is 29.0 Å². The number of hydrogen-bond donors (Lipinski definition) is 2. The number of pyridine rings is 1. The summed E-state index contributed by atoms with van der Waals surface area (Å²) in [4.78, 5) is 33.9. The van der Waals surface area contributed by atoms with Gasteiger partial charge in [0, 0.05) is 35.2 Å². The van der Waals surface area contributed by atoms with Crippen molar-refractivity contribution >= 4 is 50.2 Å². The number of nitrogen functional groups attached to an aromatic ring is 1. The van der Waals surface area contributed by atoms with Crippen molar-refractivity contribution in [1.82, 2.24) is 24.9 Å². The van der Waals surface area contributed by atoms with Gasteiger partial charge in [-0.3, -0.25) is 14.6 Å². The van der Waals surface area contributed by atoms with Crippen molar-refractivity contribution < 1.29 is 18.7 Å². The van der Waals surface area contributed by atoms with Gasteiger partial charge in [0.15, 0.2) is 5.65 Å². The number of esters is 1. The number of hydrogen-bond acceptors (Lipinski definition) is 7. The highest BCUT2D eigenvalue weighted by Crippen LogP contribution is 2.47. The molecule has 1 saturated carbocycles. The molecule has 3 aromatic heterocycles. The molecule has 9 nitrogen and oxygen atoms in total. The number of fused-ring (bicyclic) bond motifs is 2. The van der Waals surface area contributed by atoms with Crippen LogP contribution in [0.4, 0.5) is 10.2 Å². The third-order valence-electron chi connectivity index (χ3n) is 6.28. The molecule has 35 heavy (non-hydrogen) atoms. The largest absolute Gasteiger partial charge is 0.468 e. The molecule has 0 aliphatic heterocycles. The second-order valence-corrected chi connectivity index (χ2v) is 9.56. The summed E-state index contributed by atoms with van der Waals surface area (Å²) < 4.78 is 20.6. The van der Waals surface area contributed by atoms with E-state index in [1.54, 1.807) is 18.5 Å². The number of ether oxygens (including phenoxy) is 1. The average molecular weight is 541 g/mol. The first-order valence-corrected chi connectivity index (χ1v) is 11.8. The van der Waals surface area contributed by atoms with Gasteiger partial charge in [-0.1, -0.05) is 0 Å². The van der Waals surface area contributed by atoms with E-state index in [1.165, 1.54) is 23.8 Å². The molecule has 0 saturated heterocycles. The van der Waals surface area contributed by atoms with Crippen LogP contribution in [0.1, 0.15) is 25.5 Å². The minimum atomic E-state index is -1.09. The first-order chi connectivity index (χ1) is 16.7. The van der Waals surface area contributed by atoms with Crippen molar-refractivity contribution in [2.45, 2.75) is 32.2 Å². The minimum absolute atomic E-state index is 0.327. The van der Waals surface area contributed by atoms with E-state index in [1.807, 2.05) is 13.0 Å². The summed E-state index contributed by atoms with van der Waals surface area (Å²) in [5.41, 5.74) is 8.45. The molecule has 180 valence electrons. The molecule has 0 bridgehead atoms. The van der Waals surface area contributed by atoms with Crippen LogP contribution >= 0.6 is 15.9 Å². The van der Waals surface area contributed by atoms with E-state index in [0.717, 1.165) is 0 Å². The summed E-state index contributed by atoms with van der Waals surface area (Å²) in [6.45, 7) is 1.83. The number of carbonyl (C=O) groups is 2. The molecular weight excluding hydrogens is 519 g/mol. The van der Waals surface area contributed by atoms with Gasteiger partial charge in [0.2, 0.25) is 5.91 Å². The Morgan fingerprint density at radius 2 is 2.09 bits per heavy atom. The number of nitrogens with one attached hydrogen (secondary N) is 1. The molecule has 11 heteroatoms. The van der Waals surface area contributed by atoms with Gasteiger partial charge in [0.1, 0.15) is 17.1 Å². The smallest absolute Gasteiger partial charge is 0.321 e. The van der Waals surface area contributed by atoms with Gasteiger partial charge in [-0.15, -0.1) is 0 Å². The van der Waals surface area contributed by atoms with Crippen molar-refractivity contribution in [3.8, 4) is 11.1 Å². The van der Waals surface area contributed by atoms with Crippen molar-refractivity contribution in [3.05, 3.63) is 52.6 Å². The van der Waals surface area contributed by atoms with Crippen LogP contribution in [-0.4, -0.2) is 44.6 Å². The molecule has 0 spiro atoms. The lowest BCUT2D eigenvalue weighted by molar-refractivity contribution is -0.152. The van der Waals surface area contributed by atoms with Crippen LogP contribution in [0.2, 0.25) is 0 Å². The number of methoxy groups -OCH3 is 1. The Hall–Kier alpha value is -3.60. The lowest BCUT2D eigenvalue weighted by Crippen LogP contribution is -2.43. The lowest BCUT2D eigenvalue weighted by atomic mass is 10.1. The van der Waals surface area contributed by atoms with Crippen LogP contribution in [0.25, 0.3) is 27.7 Å². The first kappa shape index (κ1) is 23.2. The van der Waals surface area contributed by atoms with Gasteiger partial charge in [-0.2, -0.15) is 9.61 Å². The molecule has 1 fully saturated rings. The van der Waals surface area contributed by atoms with Gasteiger partial charge in [-0.25, -0.2) is 9.37 Å². The van der Waals surface area contributed by atoms with E-state index < -0.39 is 11.4 Å². The Morgan fingerprint density at radius 1 is 1.31 bits per heavy atom. The number of carbonyl (C=O) groups excluding carboxylic acids is 2. The zero-order valence-corrected chi connectivity index (χ0v) is 20.6. The van der Waals surface area contributed by atoms with Crippen LogP contribution in [0.5, 0.6) is 0 Å². The maximum atomic E-state index is 13.7. The number of nitrogens with two attached hydrogens (primary N) is 1. The Morgan fingerprint density at radius 3 is 2.80 bits per heavy atom. The van der Waals surface area contributed by atoms with E-state index in [2.05, 4.69) is 31.3 Å². The summed E-state index contributed by atoms with van der Waals surface area (Å²) >= 11 is 3.50. The molecular formula is C24H22BrFN6O3. The van der Waals surface area contributed by atoms with E-state index in [0.29, 0.717) is 62.9 Å². The van der Waals surface area contributed by atoms with Crippen molar-refractivity contribution in [1.29, 1.82) is 0 Å². The van der Waals surface area contributed by atoms with E-state index in [4.69, 9.17) is 15.5 Å². The summed E-state index contributed by atoms with van der Waals surface area (Å²) in [6.07, 6.45) is 4.62. The first-order valence-electron chi connectivity index (χ1n) is 11.0. The van der Waals surface area contributed by atoms with Gasteiger partial charge >= 0.3 is 5.97 Å². The quantitative estimate of drug-likeness (QED) is 0.283. The standard InChI is InChI=1S/C24H22BrFN6O3/c1-12(30-22(33)24(5-6-24)23(34)35-2)7-18-19(25)20(27)32-21(31-18)16(11-29-32)14-8-13-9-15(26)3-4-17(13)28-10-14/h3-4,8-12H,5-7,27H2,1-2H3,(H,30,33). The van der Waals surface area contributed by atoms with Crippen LogP contribution < -0.4 is 11.1 Å². The lowest BCUT2D eigenvalue weighted by Gasteiger charge is -2.19. The highest BCUT2D eigenvalue weighted by molar-refractivity contribution is 9.10. The molecule has 1 aromatic carbocycles. The zero-order chi connectivity index (χ0) is 24.9. The second kappa shape index (κ2) is 8.56. The third-order valence-corrected chi connectivity index (χ3v) is 7.15. The van der Waals surface area contributed by atoms with Gasteiger partial charge in [0.25, 0.3) is 0 Å². The fourth-order valence-electron chi connectivity index (χ4n) is 4.18. The molecule has 0 radical (unpaired) electrons. The molecule has 4 aromatic rings. The molecule has 1 aliphatic rings. The summed E-state index contributed by atoms with van der Waals surface area (Å²) in [6, 6.07) is 5.91. The molecule has 1 aliphatic carbocycles. The van der Waals surface area contributed by atoms with Crippen LogP contribution in [0.15, 0.2) is 41.1 Å². The highest BCUT2D eigenvalue weighted by Gasteiger charge is 2.57. The molecule has 3 heterocycles. The van der Waals surface area contributed by atoms with Crippen LogP contribution in [0.3, 0.4) is 0 Å². The van der Waals surface area contributed by atoms with E-state index in [9.17, 15) is 14.0 Å². The molecule has 3 N–H and O–H groups in total. The number of anilines is 1. The second-order valence-electron chi connectivity index (χ2n) is 8.76. The number of nitrogens with zero attached hydrogens (tertiary/aromatic N) is 4. The zero-order valence-electron chi connectivity index (χ0n) is 19.0. The number of aromatic nitrogens is 4. The van der Waals surface area contributed by atoms with Gasteiger partial charge in [-0.05, 0) is 60.0 Å². The number of rotatable bonds is 6. The summed E-state index contributed by atoms with van der Waals surface area (Å²) in [5.74, 6) is -0.856. The maximum Gasteiger partial charge on any atom is 0.321 e. The highest BCUT2D eigenvalue weighted by atomic mass is 79.9. The third kappa shape index (κ3) is 3.99. The Labute approximate surface area is 208 Å². The van der Waals surface area contributed by atoms with Crippen molar-refractivity contribution in [2.75, 3.05) is 12.8 Å². The summed E-state index contributed by atoms with van der Waals surface area (Å²) in [5, 5.41) is 7.92. The normalized spacial score (nSPS) is 15.2. The number of amides is 1. The Balaban J connectivity index is 1.46. The molecule has 1 unspecified atom stereocenters. The Bertz CT molecular complexity index is 1500. The van der Waals surface area contributed by atoms with Gasteiger partial charge < -0.3 is 15.8 Å². The summed E-state index contributed by atoms with van der Waals surface area (Å²) in [7, 11) is 1.28. The Kier molecular flexibility index (Phi) is 5.66. The predicted molar refractivity (Wildman–Crippen MR) is 131 cm³/mol. The average Bonchev–Trinajstić information content (AvgIpc) is 3.55. The number of halogens is 2. The SMILES string of the molecule is COC(=O)C1(C(=O)NC(C)Cc2nc3c(-c4cnc5ccc(F)cc5c4)cnn3c(N)c2Br)CC1. The van der Waals surface area contributed by atoms with E-state index in [-0.39, 0.29) is 17.8 Å². The topological polar surface area (TPSA) is 124 Å². The van der Waals surface area contributed by atoms with Crippen LogP contribution in [-0.2, 0) is 20.7 Å². The molecule has 5 rings (SSSR count). The van der Waals surface area contributed by atoms with Crippen molar-refractivity contribution in [3.63, 3.8) is 0 Å². The van der Waals surface area contributed by atoms with E-state index >= 15 is 0 Å².